The number of rotatable bonds is 3. The van der Waals surface area contributed by atoms with Crippen molar-refractivity contribution in [1.29, 1.82) is 5.26 Å². The number of aryl methyl sites for hydroxylation is 1. The smallest absolute Gasteiger partial charge is 0.418 e. The second kappa shape index (κ2) is 11.1. The van der Waals surface area contributed by atoms with Crippen LogP contribution in [0.2, 0.25) is 5.28 Å². The maximum atomic E-state index is 14.0. The molecule has 2 aliphatic rings. The summed E-state index contributed by atoms with van der Waals surface area (Å²) in [7, 11) is 0. The van der Waals surface area contributed by atoms with Gasteiger partial charge in [0, 0.05) is 37.4 Å². The van der Waals surface area contributed by atoms with Gasteiger partial charge in [-0.2, -0.15) is 18.4 Å². The Hall–Kier alpha value is -3.26. The van der Waals surface area contributed by atoms with Gasteiger partial charge in [-0.1, -0.05) is 12.1 Å². The number of carbonyl (C=O) groups excluding carboxylic acids is 1. The van der Waals surface area contributed by atoms with Crippen LogP contribution in [0.25, 0.3) is 0 Å². The topological polar surface area (TPSA) is 85.6 Å². The molecule has 0 spiro atoms. The minimum absolute atomic E-state index is 0.00251. The van der Waals surface area contributed by atoms with Gasteiger partial charge in [-0.15, -0.1) is 0 Å². The normalized spacial score (nSPS) is 18.3. The van der Waals surface area contributed by atoms with E-state index in [-0.39, 0.29) is 29.5 Å². The molecule has 210 valence electrons. The fraction of sp³-hybridized carbons (Fsp3) is 0.556. The molecule has 1 atom stereocenters. The average Bonchev–Trinajstić information content (AvgIpc) is 3.04. The molecule has 12 heteroatoms. The van der Waals surface area contributed by atoms with E-state index in [0.29, 0.717) is 50.5 Å². The molecule has 3 heterocycles. The third-order valence-electron chi connectivity index (χ3n) is 6.85. The third kappa shape index (κ3) is 6.49. The van der Waals surface area contributed by atoms with E-state index in [4.69, 9.17) is 16.3 Å². The first-order chi connectivity index (χ1) is 18.3. The molecule has 1 amide bonds. The molecule has 2 aromatic rings. The number of amides is 1. The first-order valence-corrected chi connectivity index (χ1v) is 13.2. The van der Waals surface area contributed by atoms with Crippen LogP contribution in [-0.2, 0) is 23.9 Å². The third-order valence-corrected chi connectivity index (χ3v) is 7.02. The lowest BCUT2D eigenvalue weighted by Crippen LogP contribution is -2.56. The highest BCUT2D eigenvalue weighted by Gasteiger charge is 2.38. The molecule has 4 rings (SSSR count). The number of halogens is 4. The van der Waals surface area contributed by atoms with E-state index in [9.17, 15) is 23.2 Å². The van der Waals surface area contributed by atoms with E-state index in [2.05, 4.69) is 16.0 Å². The molecular formula is C27H32ClF3N6O2. The van der Waals surface area contributed by atoms with Crippen molar-refractivity contribution in [1.82, 2.24) is 14.9 Å². The number of benzene rings is 1. The number of nitriles is 1. The van der Waals surface area contributed by atoms with E-state index in [1.54, 1.807) is 36.6 Å². The fourth-order valence-electron chi connectivity index (χ4n) is 5.22. The van der Waals surface area contributed by atoms with Crippen molar-refractivity contribution >= 4 is 29.2 Å². The van der Waals surface area contributed by atoms with Gasteiger partial charge < -0.3 is 19.4 Å². The van der Waals surface area contributed by atoms with Crippen LogP contribution in [0, 0.1) is 18.3 Å². The number of hydrogen-bond donors (Lipinski definition) is 0. The van der Waals surface area contributed by atoms with Crippen molar-refractivity contribution in [2.24, 2.45) is 0 Å². The number of anilines is 2. The van der Waals surface area contributed by atoms with Gasteiger partial charge in [-0.05, 0) is 63.8 Å². The van der Waals surface area contributed by atoms with Crippen molar-refractivity contribution in [3.05, 3.63) is 45.9 Å². The van der Waals surface area contributed by atoms with Crippen LogP contribution in [0.3, 0.4) is 0 Å². The highest BCUT2D eigenvalue weighted by Crippen LogP contribution is 2.40. The predicted molar refractivity (Wildman–Crippen MR) is 142 cm³/mol. The molecule has 0 radical (unpaired) electrons. The molecule has 0 saturated carbocycles. The lowest BCUT2D eigenvalue weighted by atomic mass is 10.0. The molecule has 8 nitrogen and oxygen atoms in total. The summed E-state index contributed by atoms with van der Waals surface area (Å²) in [6.07, 6.45) is -3.71. The maximum Gasteiger partial charge on any atom is 0.418 e. The number of piperazine rings is 1. The number of aromatic nitrogens is 2. The molecule has 1 saturated heterocycles. The zero-order chi connectivity index (χ0) is 28.5. The molecular weight excluding hydrogens is 533 g/mol. The van der Waals surface area contributed by atoms with Crippen LogP contribution in [0.15, 0.2) is 18.2 Å². The molecule has 0 aliphatic carbocycles. The SMILES string of the molecule is Cc1cccc(N2CCCc3c(nc(Cl)nc3N3CCN(C(=O)OC(C)(C)C)C(CC#N)C3)C2)c1C(F)(F)F. The molecule has 2 aliphatic heterocycles. The number of fused-ring (bicyclic) bond motifs is 1. The van der Waals surface area contributed by atoms with Gasteiger partial charge in [0.1, 0.15) is 11.4 Å². The zero-order valence-electron chi connectivity index (χ0n) is 22.5. The van der Waals surface area contributed by atoms with Gasteiger partial charge >= 0.3 is 12.3 Å². The van der Waals surface area contributed by atoms with Crippen molar-refractivity contribution in [3.8, 4) is 6.07 Å². The largest absolute Gasteiger partial charge is 0.444 e. The Morgan fingerprint density at radius 3 is 2.59 bits per heavy atom. The van der Waals surface area contributed by atoms with Gasteiger partial charge in [-0.25, -0.2) is 14.8 Å². The van der Waals surface area contributed by atoms with E-state index in [1.165, 1.54) is 19.1 Å². The first-order valence-electron chi connectivity index (χ1n) is 12.9. The Morgan fingerprint density at radius 1 is 1.18 bits per heavy atom. The van der Waals surface area contributed by atoms with Crippen molar-refractivity contribution in [3.63, 3.8) is 0 Å². The second-order valence-electron chi connectivity index (χ2n) is 10.9. The van der Waals surface area contributed by atoms with Crippen molar-refractivity contribution in [2.45, 2.75) is 71.3 Å². The number of nitrogens with zero attached hydrogens (tertiary/aromatic N) is 6. The molecule has 1 unspecified atom stereocenters. The lowest BCUT2D eigenvalue weighted by molar-refractivity contribution is -0.137. The van der Waals surface area contributed by atoms with E-state index >= 15 is 0 Å². The Labute approximate surface area is 231 Å². The maximum absolute atomic E-state index is 14.0. The number of hydrogen-bond acceptors (Lipinski definition) is 7. The van der Waals surface area contributed by atoms with E-state index in [0.717, 1.165) is 5.56 Å². The first kappa shape index (κ1) is 28.7. The van der Waals surface area contributed by atoms with Crippen molar-refractivity contribution < 1.29 is 22.7 Å². The lowest BCUT2D eigenvalue weighted by Gasteiger charge is -2.42. The Balaban J connectivity index is 1.64. The minimum Gasteiger partial charge on any atom is -0.444 e. The van der Waals surface area contributed by atoms with Crippen LogP contribution in [0.1, 0.15) is 56.0 Å². The van der Waals surface area contributed by atoms with E-state index in [1.807, 2.05) is 4.90 Å². The minimum atomic E-state index is -4.49. The van der Waals surface area contributed by atoms with Crippen LogP contribution in [0.4, 0.5) is 29.5 Å². The molecule has 0 N–H and O–H groups in total. The van der Waals surface area contributed by atoms with Crippen molar-refractivity contribution in [2.75, 3.05) is 36.0 Å². The monoisotopic (exact) mass is 564 g/mol. The Morgan fingerprint density at radius 2 is 1.92 bits per heavy atom. The van der Waals surface area contributed by atoms with Gasteiger partial charge in [0.25, 0.3) is 0 Å². The number of ether oxygens (including phenoxy) is 1. The van der Waals surface area contributed by atoms with Crippen LogP contribution >= 0.6 is 11.6 Å². The zero-order valence-corrected chi connectivity index (χ0v) is 23.2. The fourth-order valence-corrected chi connectivity index (χ4v) is 5.40. The average molecular weight is 565 g/mol. The summed E-state index contributed by atoms with van der Waals surface area (Å²) in [6, 6.07) is 6.31. The highest BCUT2D eigenvalue weighted by molar-refractivity contribution is 6.28. The summed E-state index contributed by atoms with van der Waals surface area (Å²) < 4.78 is 47.5. The van der Waals surface area contributed by atoms with E-state index < -0.39 is 29.5 Å². The van der Waals surface area contributed by atoms with Crippen LogP contribution in [-0.4, -0.2) is 58.8 Å². The molecule has 1 aromatic carbocycles. The quantitative estimate of drug-likeness (QED) is 0.439. The summed E-state index contributed by atoms with van der Waals surface area (Å²) in [5.74, 6) is 0.596. The molecule has 1 aromatic heterocycles. The summed E-state index contributed by atoms with van der Waals surface area (Å²) in [5, 5.41) is 9.44. The number of carbonyl (C=O) groups is 1. The predicted octanol–water partition coefficient (Wildman–Crippen LogP) is 5.75. The summed E-state index contributed by atoms with van der Waals surface area (Å²) in [5.41, 5.74) is 0.362. The highest BCUT2D eigenvalue weighted by atomic mass is 35.5. The van der Waals surface area contributed by atoms with Gasteiger partial charge in [0.15, 0.2) is 0 Å². The Kier molecular flexibility index (Phi) is 8.17. The van der Waals surface area contributed by atoms with Gasteiger partial charge in [-0.3, -0.25) is 0 Å². The number of alkyl halides is 3. The summed E-state index contributed by atoms with van der Waals surface area (Å²) in [6.45, 7) is 8.47. The van der Waals surface area contributed by atoms with Crippen LogP contribution < -0.4 is 9.80 Å². The summed E-state index contributed by atoms with van der Waals surface area (Å²) in [4.78, 5) is 27.0. The van der Waals surface area contributed by atoms with Gasteiger partial charge in [0.2, 0.25) is 5.28 Å². The molecule has 0 bridgehead atoms. The van der Waals surface area contributed by atoms with Gasteiger partial charge in [0.05, 0.1) is 36.3 Å². The summed E-state index contributed by atoms with van der Waals surface area (Å²) >= 11 is 6.34. The molecule has 39 heavy (non-hydrogen) atoms. The van der Waals surface area contributed by atoms with Crippen LogP contribution in [0.5, 0.6) is 0 Å². The second-order valence-corrected chi connectivity index (χ2v) is 11.2. The standard InChI is InChI=1S/C27H32ClF3N6O2/c1-17-7-5-9-21(22(17)27(29,30)31)35-12-6-8-19-20(16-35)33-24(28)34-23(19)36-13-14-37(18(15-36)10-11-32)25(38)39-26(2,3)4/h5,7,9,18H,6,8,10,12-16H2,1-4H3. The Bertz CT molecular complexity index is 1270. The molecule has 1 fully saturated rings.